The average Bonchev–Trinajstić information content (AvgIpc) is 2.69. The number of benzene rings is 1. The van der Waals surface area contributed by atoms with Crippen molar-refractivity contribution in [3.63, 3.8) is 0 Å². The molecule has 1 fully saturated rings. The molecule has 0 atom stereocenters. The Morgan fingerprint density at radius 1 is 0.885 bits per heavy atom. The Kier molecular flexibility index (Phi) is 5.75. The highest BCUT2D eigenvalue weighted by Gasteiger charge is 2.24. The van der Waals surface area contributed by atoms with E-state index in [1.54, 1.807) is 11.8 Å². The molecule has 0 amide bonds. The molecule has 2 aromatic rings. The summed E-state index contributed by atoms with van der Waals surface area (Å²) in [5, 5.41) is 10.2. The van der Waals surface area contributed by atoms with E-state index in [2.05, 4.69) is 50.0 Å². The van der Waals surface area contributed by atoms with Crippen molar-refractivity contribution in [1.82, 2.24) is 14.8 Å². The lowest BCUT2D eigenvalue weighted by atomic mass is 10.2. The molecule has 4 rings (SSSR count). The van der Waals surface area contributed by atoms with Crippen molar-refractivity contribution < 1.29 is 5.11 Å². The molecule has 1 aromatic carbocycles. The third-order valence-corrected chi connectivity index (χ3v) is 6.21. The van der Waals surface area contributed by atoms with E-state index in [0.717, 1.165) is 57.3 Å². The van der Waals surface area contributed by atoms with Crippen LogP contribution in [-0.4, -0.2) is 72.3 Å². The topological polar surface area (TPSA) is 42.8 Å². The number of aliphatic hydroxyl groups is 1. The fourth-order valence-electron chi connectivity index (χ4n) is 3.74. The molecule has 2 aliphatic heterocycles. The van der Waals surface area contributed by atoms with E-state index in [1.807, 2.05) is 12.3 Å². The van der Waals surface area contributed by atoms with Crippen molar-refractivity contribution in [3.05, 3.63) is 42.6 Å². The summed E-state index contributed by atoms with van der Waals surface area (Å²) in [7, 11) is 0. The van der Waals surface area contributed by atoms with E-state index in [0.29, 0.717) is 0 Å². The van der Waals surface area contributed by atoms with Crippen LogP contribution in [0.25, 0.3) is 0 Å². The molecule has 0 aliphatic carbocycles. The minimum absolute atomic E-state index is 0.264. The summed E-state index contributed by atoms with van der Waals surface area (Å²) in [5.74, 6) is 0. The average molecular weight is 371 g/mol. The molecule has 2 aliphatic rings. The molecule has 0 radical (unpaired) electrons. The standard InChI is InChI=1S/C20H26N4OS/c25-16-15-23-13-11-22(12-14-23)9-4-10-24-17-5-1-2-7-19(17)26-20-18(24)6-3-8-21-20/h1-3,5-8,25H,4,9-16H2. The summed E-state index contributed by atoms with van der Waals surface area (Å²) in [5.41, 5.74) is 2.52. The highest BCUT2D eigenvalue weighted by Crippen LogP contribution is 2.46. The SMILES string of the molecule is OCCN1CCN(CCCN2c3ccccc3Sc3ncccc32)CC1. The Morgan fingerprint density at radius 2 is 1.62 bits per heavy atom. The number of aromatic nitrogens is 1. The molecule has 5 nitrogen and oxygen atoms in total. The van der Waals surface area contributed by atoms with Gasteiger partial charge in [0.25, 0.3) is 0 Å². The van der Waals surface area contributed by atoms with E-state index in [4.69, 9.17) is 5.11 Å². The molecule has 26 heavy (non-hydrogen) atoms. The van der Waals surface area contributed by atoms with Crippen molar-refractivity contribution in [2.75, 3.05) is 57.3 Å². The number of piperazine rings is 1. The van der Waals surface area contributed by atoms with Gasteiger partial charge in [-0.1, -0.05) is 23.9 Å². The molecule has 0 unspecified atom stereocenters. The van der Waals surface area contributed by atoms with Crippen LogP contribution in [0.2, 0.25) is 0 Å². The van der Waals surface area contributed by atoms with E-state index in [1.165, 1.54) is 16.3 Å². The van der Waals surface area contributed by atoms with E-state index < -0.39 is 0 Å². The molecule has 3 heterocycles. The first kappa shape index (κ1) is 17.8. The second-order valence-corrected chi connectivity index (χ2v) is 7.84. The number of rotatable bonds is 6. The number of fused-ring (bicyclic) bond motifs is 2. The van der Waals surface area contributed by atoms with Crippen LogP contribution >= 0.6 is 11.8 Å². The number of anilines is 2. The molecule has 1 N–H and O–H groups in total. The zero-order valence-corrected chi connectivity index (χ0v) is 15.9. The molecule has 0 spiro atoms. The maximum atomic E-state index is 9.06. The first-order chi connectivity index (χ1) is 12.8. The molecule has 1 aromatic heterocycles. The van der Waals surface area contributed by atoms with E-state index >= 15 is 0 Å². The molecule has 138 valence electrons. The summed E-state index contributed by atoms with van der Waals surface area (Å²) in [6.45, 7) is 7.53. The molecule has 0 saturated carbocycles. The summed E-state index contributed by atoms with van der Waals surface area (Å²) in [6, 6.07) is 12.8. The second kappa shape index (κ2) is 8.39. The molecular weight excluding hydrogens is 344 g/mol. The maximum Gasteiger partial charge on any atom is 0.125 e. The monoisotopic (exact) mass is 370 g/mol. The third kappa shape index (κ3) is 3.88. The Balaban J connectivity index is 1.38. The highest BCUT2D eigenvalue weighted by molar-refractivity contribution is 7.99. The van der Waals surface area contributed by atoms with Gasteiger partial charge in [-0.25, -0.2) is 4.98 Å². The lowest BCUT2D eigenvalue weighted by Gasteiger charge is -2.35. The van der Waals surface area contributed by atoms with Gasteiger partial charge in [0.05, 0.1) is 18.0 Å². The fraction of sp³-hybridized carbons (Fsp3) is 0.450. The van der Waals surface area contributed by atoms with Gasteiger partial charge in [-0.15, -0.1) is 0 Å². The summed E-state index contributed by atoms with van der Waals surface area (Å²) in [4.78, 5) is 13.2. The van der Waals surface area contributed by atoms with Crippen LogP contribution in [0.5, 0.6) is 0 Å². The predicted octanol–water partition coefficient (Wildman–Crippen LogP) is 2.68. The van der Waals surface area contributed by atoms with Gasteiger partial charge in [0.1, 0.15) is 5.03 Å². The first-order valence-corrected chi connectivity index (χ1v) is 10.2. The van der Waals surface area contributed by atoms with Gasteiger partial charge in [0, 0.05) is 50.4 Å². The summed E-state index contributed by atoms with van der Waals surface area (Å²) >= 11 is 1.76. The summed E-state index contributed by atoms with van der Waals surface area (Å²) < 4.78 is 0. The molecule has 0 bridgehead atoms. The number of nitrogens with zero attached hydrogens (tertiary/aromatic N) is 4. The van der Waals surface area contributed by atoms with Gasteiger partial charge in [0.15, 0.2) is 0 Å². The Hall–Kier alpha value is -1.60. The molecular formula is C20H26N4OS. The van der Waals surface area contributed by atoms with Crippen LogP contribution in [0.3, 0.4) is 0 Å². The maximum absolute atomic E-state index is 9.06. The smallest absolute Gasteiger partial charge is 0.125 e. The van der Waals surface area contributed by atoms with Gasteiger partial charge < -0.3 is 14.9 Å². The van der Waals surface area contributed by atoms with E-state index in [-0.39, 0.29) is 6.61 Å². The lowest BCUT2D eigenvalue weighted by molar-refractivity contribution is 0.112. The molecule has 1 saturated heterocycles. The van der Waals surface area contributed by atoms with Crippen molar-refractivity contribution in [2.24, 2.45) is 0 Å². The first-order valence-electron chi connectivity index (χ1n) is 9.40. The summed E-state index contributed by atoms with van der Waals surface area (Å²) in [6.07, 6.45) is 3.01. The minimum Gasteiger partial charge on any atom is -0.395 e. The van der Waals surface area contributed by atoms with Gasteiger partial charge in [-0.3, -0.25) is 4.90 Å². The Bertz CT molecular complexity index is 688. The van der Waals surface area contributed by atoms with E-state index in [9.17, 15) is 0 Å². The van der Waals surface area contributed by atoms with Crippen molar-refractivity contribution in [1.29, 1.82) is 0 Å². The highest BCUT2D eigenvalue weighted by atomic mass is 32.2. The number of aliphatic hydroxyl groups excluding tert-OH is 1. The predicted molar refractivity (Wildman–Crippen MR) is 106 cm³/mol. The largest absolute Gasteiger partial charge is 0.395 e. The molecule has 6 heteroatoms. The lowest BCUT2D eigenvalue weighted by Crippen LogP contribution is -2.47. The number of hydrogen-bond donors (Lipinski definition) is 1. The van der Waals surface area contributed by atoms with Crippen molar-refractivity contribution >= 4 is 23.1 Å². The van der Waals surface area contributed by atoms with Crippen LogP contribution < -0.4 is 4.90 Å². The van der Waals surface area contributed by atoms with Crippen LogP contribution in [-0.2, 0) is 0 Å². The van der Waals surface area contributed by atoms with Crippen LogP contribution in [0.1, 0.15) is 6.42 Å². The fourth-order valence-corrected chi connectivity index (χ4v) is 4.77. The second-order valence-electron chi connectivity index (χ2n) is 6.81. The normalized spacial score (nSPS) is 17.8. The zero-order chi connectivity index (χ0) is 17.8. The number of β-amino-alcohol motifs (C(OH)–C–C–N with tert-alkyl or cyclic N) is 1. The van der Waals surface area contributed by atoms with Gasteiger partial charge in [0.2, 0.25) is 0 Å². The third-order valence-electron chi connectivity index (χ3n) is 5.14. The van der Waals surface area contributed by atoms with Gasteiger partial charge in [-0.05, 0) is 37.2 Å². The number of pyridine rings is 1. The minimum atomic E-state index is 0.264. The zero-order valence-electron chi connectivity index (χ0n) is 15.0. The Labute approximate surface area is 159 Å². The van der Waals surface area contributed by atoms with Gasteiger partial charge in [-0.2, -0.15) is 0 Å². The quantitative estimate of drug-likeness (QED) is 0.843. The van der Waals surface area contributed by atoms with Crippen molar-refractivity contribution in [3.8, 4) is 0 Å². The van der Waals surface area contributed by atoms with Crippen molar-refractivity contribution in [2.45, 2.75) is 16.3 Å². The van der Waals surface area contributed by atoms with Gasteiger partial charge >= 0.3 is 0 Å². The van der Waals surface area contributed by atoms with Crippen LogP contribution in [0, 0.1) is 0 Å². The Morgan fingerprint density at radius 3 is 2.42 bits per heavy atom. The van der Waals surface area contributed by atoms with Crippen LogP contribution in [0.4, 0.5) is 11.4 Å². The number of para-hydroxylation sites is 1. The number of hydrogen-bond acceptors (Lipinski definition) is 6. The van der Waals surface area contributed by atoms with Crippen LogP contribution in [0.15, 0.2) is 52.5 Å².